The maximum Gasteiger partial charge on any atom is 0.231 e. The van der Waals surface area contributed by atoms with E-state index in [0.717, 1.165) is 10.0 Å². The Kier molecular flexibility index (Phi) is 3.66. The average Bonchev–Trinajstić information content (AvgIpc) is 2.94. The number of phenolic OH excluding ortho intramolecular Hbond substituents is 1. The lowest BCUT2D eigenvalue weighted by Gasteiger charge is -2.01. The second-order valence-corrected chi connectivity index (χ2v) is 5.34. The molecule has 21 heavy (non-hydrogen) atoms. The first kappa shape index (κ1) is 13.7. The van der Waals surface area contributed by atoms with Crippen LogP contribution < -0.4 is 9.47 Å². The number of hydrogen-bond donors (Lipinski definition) is 1. The largest absolute Gasteiger partial charge is 0.508 e. The van der Waals surface area contributed by atoms with E-state index in [2.05, 4.69) is 15.9 Å². The monoisotopic (exact) mass is 346 g/mol. The molecule has 0 spiro atoms. The van der Waals surface area contributed by atoms with Gasteiger partial charge in [-0.2, -0.15) is 0 Å². The van der Waals surface area contributed by atoms with Crippen LogP contribution in [0.2, 0.25) is 0 Å². The Morgan fingerprint density at radius 3 is 2.71 bits per heavy atom. The van der Waals surface area contributed by atoms with Crippen LogP contribution in [0, 0.1) is 0 Å². The maximum atomic E-state index is 12.0. The highest BCUT2D eigenvalue weighted by Crippen LogP contribution is 2.40. The highest BCUT2D eigenvalue weighted by atomic mass is 79.9. The van der Waals surface area contributed by atoms with Gasteiger partial charge in [-0.3, -0.25) is 4.79 Å². The summed E-state index contributed by atoms with van der Waals surface area (Å²) in [6, 6.07) is 9.80. The SMILES string of the molecule is O=C(/C=C/c1cc(Br)c2c(c1)OCO2)c1ccc(O)cc1. The Morgan fingerprint density at radius 1 is 1.19 bits per heavy atom. The fourth-order valence-corrected chi connectivity index (χ4v) is 2.55. The Balaban J connectivity index is 1.81. The van der Waals surface area contributed by atoms with Gasteiger partial charge in [-0.05, 0) is 64.0 Å². The van der Waals surface area contributed by atoms with Gasteiger partial charge in [-0.1, -0.05) is 6.08 Å². The van der Waals surface area contributed by atoms with E-state index in [1.54, 1.807) is 18.2 Å². The number of ether oxygens (including phenoxy) is 2. The fourth-order valence-electron chi connectivity index (χ4n) is 1.98. The van der Waals surface area contributed by atoms with Crippen molar-refractivity contribution in [1.82, 2.24) is 0 Å². The molecule has 0 aliphatic carbocycles. The van der Waals surface area contributed by atoms with E-state index in [0.29, 0.717) is 17.1 Å². The summed E-state index contributed by atoms with van der Waals surface area (Å²) in [5, 5.41) is 9.21. The van der Waals surface area contributed by atoms with Gasteiger partial charge in [0.15, 0.2) is 17.3 Å². The van der Waals surface area contributed by atoms with Crippen molar-refractivity contribution >= 4 is 27.8 Å². The third-order valence-corrected chi connectivity index (χ3v) is 3.62. The van der Waals surface area contributed by atoms with E-state index in [4.69, 9.17) is 9.47 Å². The molecule has 0 bridgehead atoms. The highest BCUT2D eigenvalue weighted by molar-refractivity contribution is 9.10. The molecular weight excluding hydrogens is 336 g/mol. The summed E-state index contributed by atoms with van der Waals surface area (Å²) < 4.78 is 11.4. The lowest BCUT2D eigenvalue weighted by molar-refractivity contribution is 0.104. The van der Waals surface area contributed by atoms with Crippen molar-refractivity contribution in [3.63, 3.8) is 0 Å². The third-order valence-electron chi connectivity index (χ3n) is 3.03. The van der Waals surface area contributed by atoms with Gasteiger partial charge < -0.3 is 14.6 Å². The molecule has 0 saturated heterocycles. The van der Waals surface area contributed by atoms with Crippen LogP contribution >= 0.6 is 15.9 Å². The molecule has 106 valence electrons. The lowest BCUT2D eigenvalue weighted by atomic mass is 10.1. The molecule has 0 fully saturated rings. The second-order valence-electron chi connectivity index (χ2n) is 4.48. The maximum absolute atomic E-state index is 12.0. The summed E-state index contributed by atoms with van der Waals surface area (Å²) in [5.74, 6) is 1.33. The van der Waals surface area contributed by atoms with Gasteiger partial charge in [0.2, 0.25) is 6.79 Å². The third kappa shape index (κ3) is 2.92. The van der Waals surface area contributed by atoms with E-state index >= 15 is 0 Å². The minimum atomic E-state index is -0.135. The Bertz CT molecular complexity index is 720. The predicted molar refractivity (Wildman–Crippen MR) is 81.7 cm³/mol. The molecule has 2 aromatic carbocycles. The van der Waals surface area contributed by atoms with Gasteiger partial charge in [-0.25, -0.2) is 0 Å². The van der Waals surface area contributed by atoms with E-state index in [9.17, 15) is 9.90 Å². The van der Waals surface area contributed by atoms with Gasteiger partial charge in [0.25, 0.3) is 0 Å². The standard InChI is InChI=1S/C16H11BrO4/c17-13-7-10(8-15-16(13)21-9-20-15)1-6-14(19)11-2-4-12(18)5-3-11/h1-8,18H,9H2/b6-1+. The first-order chi connectivity index (χ1) is 10.1. The number of rotatable bonds is 3. The van der Waals surface area contributed by atoms with Crippen molar-refractivity contribution in [2.45, 2.75) is 0 Å². The van der Waals surface area contributed by atoms with Crippen LogP contribution in [0.1, 0.15) is 15.9 Å². The summed E-state index contributed by atoms with van der Waals surface area (Å²) in [6.45, 7) is 0.202. The van der Waals surface area contributed by atoms with Crippen LogP contribution in [-0.2, 0) is 0 Å². The number of phenols is 1. The second kappa shape index (κ2) is 5.61. The van der Waals surface area contributed by atoms with E-state index < -0.39 is 0 Å². The van der Waals surface area contributed by atoms with Crippen molar-refractivity contribution in [2.24, 2.45) is 0 Å². The summed E-state index contributed by atoms with van der Waals surface area (Å²) in [6.07, 6.45) is 3.19. The number of ketones is 1. The zero-order valence-corrected chi connectivity index (χ0v) is 12.5. The van der Waals surface area contributed by atoms with E-state index in [-0.39, 0.29) is 18.3 Å². The van der Waals surface area contributed by atoms with Gasteiger partial charge in [-0.15, -0.1) is 0 Å². The van der Waals surface area contributed by atoms with Crippen LogP contribution in [-0.4, -0.2) is 17.7 Å². The van der Waals surface area contributed by atoms with Crippen LogP contribution in [0.5, 0.6) is 17.2 Å². The minimum absolute atomic E-state index is 0.134. The number of carbonyl (C=O) groups excluding carboxylic acids is 1. The molecule has 5 heteroatoms. The van der Waals surface area contributed by atoms with Gasteiger partial charge >= 0.3 is 0 Å². The van der Waals surface area contributed by atoms with Crippen molar-refractivity contribution in [3.8, 4) is 17.2 Å². The number of fused-ring (bicyclic) bond motifs is 1. The van der Waals surface area contributed by atoms with Crippen molar-refractivity contribution in [3.05, 3.63) is 58.1 Å². The molecule has 1 aliphatic rings. The smallest absolute Gasteiger partial charge is 0.231 e. The molecule has 0 amide bonds. The minimum Gasteiger partial charge on any atom is -0.508 e. The van der Waals surface area contributed by atoms with Gasteiger partial charge in [0.1, 0.15) is 5.75 Å². The summed E-state index contributed by atoms with van der Waals surface area (Å²) in [4.78, 5) is 12.0. The highest BCUT2D eigenvalue weighted by Gasteiger charge is 2.17. The number of carbonyl (C=O) groups is 1. The molecule has 0 saturated carbocycles. The predicted octanol–water partition coefficient (Wildman–Crippen LogP) is 3.78. The topological polar surface area (TPSA) is 55.8 Å². The number of benzene rings is 2. The van der Waals surface area contributed by atoms with Crippen LogP contribution in [0.15, 0.2) is 46.9 Å². The number of aromatic hydroxyl groups is 1. The fraction of sp³-hybridized carbons (Fsp3) is 0.0625. The molecule has 1 aliphatic heterocycles. The van der Waals surface area contributed by atoms with Crippen molar-refractivity contribution < 1.29 is 19.4 Å². The van der Waals surface area contributed by atoms with Crippen LogP contribution in [0.4, 0.5) is 0 Å². The molecule has 3 rings (SSSR count). The van der Waals surface area contributed by atoms with Gasteiger partial charge in [0, 0.05) is 5.56 Å². The molecular formula is C16H11BrO4. The molecule has 0 radical (unpaired) electrons. The van der Waals surface area contributed by atoms with Crippen molar-refractivity contribution in [1.29, 1.82) is 0 Å². The van der Waals surface area contributed by atoms with E-state index in [1.807, 2.05) is 12.1 Å². The molecule has 4 nitrogen and oxygen atoms in total. The summed E-state index contributed by atoms with van der Waals surface area (Å²) in [7, 11) is 0. The molecule has 1 heterocycles. The molecule has 0 unspecified atom stereocenters. The Labute approximate surface area is 129 Å². The lowest BCUT2D eigenvalue weighted by Crippen LogP contribution is -1.93. The number of allylic oxidation sites excluding steroid dienone is 1. The molecule has 0 aromatic heterocycles. The molecule has 1 N–H and O–H groups in total. The first-order valence-electron chi connectivity index (χ1n) is 6.24. The average molecular weight is 347 g/mol. The normalized spacial score (nSPS) is 12.8. The Hall–Kier alpha value is -2.27. The summed E-state index contributed by atoms with van der Waals surface area (Å²) >= 11 is 3.41. The molecule has 0 atom stereocenters. The number of halogens is 1. The molecule has 2 aromatic rings. The summed E-state index contributed by atoms with van der Waals surface area (Å²) in [5.41, 5.74) is 1.35. The zero-order valence-electron chi connectivity index (χ0n) is 10.9. The first-order valence-corrected chi connectivity index (χ1v) is 7.03. The van der Waals surface area contributed by atoms with Gasteiger partial charge in [0.05, 0.1) is 4.47 Å². The number of hydrogen-bond acceptors (Lipinski definition) is 4. The van der Waals surface area contributed by atoms with E-state index in [1.165, 1.54) is 18.2 Å². The quantitative estimate of drug-likeness (QED) is 0.678. The van der Waals surface area contributed by atoms with Crippen LogP contribution in [0.25, 0.3) is 6.08 Å². The zero-order chi connectivity index (χ0) is 14.8. The van der Waals surface area contributed by atoms with Crippen molar-refractivity contribution in [2.75, 3.05) is 6.79 Å². The van der Waals surface area contributed by atoms with Crippen LogP contribution in [0.3, 0.4) is 0 Å². The Morgan fingerprint density at radius 2 is 1.95 bits per heavy atom.